The molecule has 2 heteroatoms. The Kier molecular flexibility index (Phi) is 6.53. The smallest absolute Gasteiger partial charge is 0.113 e. The Balaban J connectivity index is 2.36. The van der Waals surface area contributed by atoms with Crippen LogP contribution in [-0.4, -0.2) is 4.98 Å². The molecule has 88 valence electrons. The summed E-state index contributed by atoms with van der Waals surface area (Å²) < 4.78 is 0. The summed E-state index contributed by atoms with van der Waals surface area (Å²) >= 11 is 0. The number of nitriles is 1. The second kappa shape index (κ2) is 8.36. The van der Waals surface area contributed by atoms with E-state index in [0.717, 1.165) is 17.7 Å². The van der Waals surface area contributed by atoms with Crippen molar-refractivity contribution < 1.29 is 0 Å². The lowest BCUT2D eigenvalue weighted by molar-refractivity contribution is 0.679. The van der Waals surface area contributed by atoms with Crippen molar-refractivity contribution in [2.24, 2.45) is 0 Å². The fourth-order valence-electron chi connectivity index (χ4n) is 1.49. The van der Waals surface area contributed by atoms with Gasteiger partial charge in [0.15, 0.2) is 0 Å². The van der Waals surface area contributed by atoms with E-state index in [1.165, 1.54) is 25.7 Å². The Labute approximate surface area is 104 Å². The third-order valence-corrected chi connectivity index (χ3v) is 2.48. The van der Waals surface area contributed by atoms with Gasteiger partial charge in [0, 0.05) is 12.6 Å². The lowest BCUT2D eigenvalue weighted by Crippen LogP contribution is -1.86. The minimum absolute atomic E-state index is 0.414. The summed E-state index contributed by atoms with van der Waals surface area (Å²) in [5, 5.41) is 8.53. The summed E-state index contributed by atoms with van der Waals surface area (Å²) in [7, 11) is 0. The number of nitrogens with zero attached hydrogens (tertiary/aromatic N) is 2. The summed E-state index contributed by atoms with van der Waals surface area (Å²) in [5.74, 6) is 6.18. The maximum Gasteiger partial charge on any atom is 0.113 e. The van der Waals surface area contributed by atoms with Crippen LogP contribution in [0.4, 0.5) is 0 Å². The van der Waals surface area contributed by atoms with Gasteiger partial charge >= 0.3 is 0 Å². The highest BCUT2D eigenvalue weighted by Gasteiger charge is 1.92. The Morgan fingerprint density at radius 1 is 1.24 bits per heavy atom. The molecular formula is C15H18N2. The van der Waals surface area contributed by atoms with Crippen LogP contribution in [0.25, 0.3) is 0 Å². The lowest BCUT2D eigenvalue weighted by Gasteiger charge is -1.94. The molecule has 0 aliphatic heterocycles. The predicted molar refractivity (Wildman–Crippen MR) is 69.2 cm³/mol. The first-order chi connectivity index (χ1) is 8.36. The van der Waals surface area contributed by atoms with E-state index in [9.17, 15) is 0 Å². The van der Waals surface area contributed by atoms with Crippen LogP contribution in [0.2, 0.25) is 0 Å². The average molecular weight is 226 g/mol. The Bertz CT molecular complexity index is 415. The van der Waals surface area contributed by atoms with Gasteiger partial charge in [0.1, 0.15) is 5.69 Å². The fraction of sp³-hybridized carbons (Fsp3) is 0.467. The van der Waals surface area contributed by atoms with Crippen molar-refractivity contribution in [2.45, 2.75) is 45.4 Å². The van der Waals surface area contributed by atoms with Gasteiger partial charge in [0.25, 0.3) is 0 Å². The van der Waals surface area contributed by atoms with Crippen LogP contribution in [-0.2, 0) is 6.42 Å². The highest BCUT2D eigenvalue weighted by Crippen LogP contribution is 2.02. The molecule has 0 radical (unpaired) electrons. The highest BCUT2D eigenvalue weighted by molar-refractivity contribution is 5.29. The van der Waals surface area contributed by atoms with Gasteiger partial charge in [0.2, 0.25) is 0 Å². The molecule has 0 spiro atoms. The van der Waals surface area contributed by atoms with Crippen LogP contribution < -0.4 is 0 Å². The maximum atomic E-state index is 8.53. The molecule has 0 saturated carbocycles. The molecule has 0 N–H and O–H groups in total. The molecule has 0 atom stereocenters. The molecule has 1 aromatic heterocycles. The first-order valence-electron chi connectivity index (χ1n) is 6.17. The minimum Gasteiger partial charge on any atom is -0.247 e. The van der Waals surface area contributed by atoms with E-state index in [1.807, 2.05) is 12.1 Å². The van der Waals surface area contributed by atoms with Crippen molar-refractivity contribution in [2.75, 3.05) is 0 Å². The first kappa shape index (κ1) is 13.3. The van der Waals surface area contributed by atoms with Gasteiger partial charge in [-0.3, -0.25) is 0 Å². The van der Waals surface area contributed by atoms with E-state index in [1.54, 1.807) is 6.20 Å². The number of pyridine rings is 1. The lowest BCUT2D eigenvalue weighted by atomic mass is 10.1. The minimum atomic E-state index is 0.414. The second-order valence-corrected chi connectivity index (χ2v) is 4.00. The molecule has 0 fully saturated rings. The van der Waals surface area contributed by atoms with E-state index < -0.39 is 0 Å². The summed E-state index contributed by atoms with van der Waals surface area (Å²) in [6.45, 7) is 2.21. The molecule has 0 aromatic carbocycles. The van der Waals surface area contributed by atoms with Gasteiger partial charge < -0.3 is 0 Å². The van der Waals surface area contributed by atoms with Crippen molar-refractivity contribution in [3.8, 4) is 17.9 Å². The molecule has 1 aromatic rings. The van der Waals surface area contributed by atoms with E-state index in [2.05, 4.69) is 29.8 Å². The second-order valence-electron chi connectivity index (χ2n) is 4.00. The molecule has 0 unspecified atom stereocenters. The molecule has 0 amide bonds. The van der Waals surface area contributed by atoms with Gasteiger partial charge in [-0.1, -0.05) is 38.2 Å². The fourth-order valence-corrected chi connectivity index (χ4v) is 1.49. The third-order valence-electron chi connectivity index (χ3n) is 2.48. The topological polar surface area (TPSA) is 36.7 Å². The third kappa shape index (κ3) is 5.73. The molecule has 0 saturated heterocycles. The van der Waals surface area contributed by atoms with Crippen LogP contribution in [0.5, 0.6) is 0 Å². The van der Waals surface area contributed by atoms with Gasteiger partial charge in [0.05, 0.1) is 12.5 Å². The van der Waals surface area contributed by atoms with Crippen LogP contribution in [0.1, 0.15) is 50.3 Å². The highest BCUT2D eigenvalue weighted by atomic mass is 14.7. The maximum absolute atomic E-state index is 8.53. The van der Waals surface area contributed by atoms with Crippen LogP contribution in [0.15, 0.2) is 18.3 Å². The average Bonchev–Trinajstić information content (AvgIpc) is 2.36. The number of aromatic nitrogens is 1. The molecule has 2 nitrogen and oxygen atoms in total. The summed E-state index contributed by atoms with van der Waals surface area (Å²) in [4.78, 5) is 4.21. The first-order valence-corrected chi connectivity index (χ1v) is 6.17. The van der Waals surface area contributed by atoms with Crippen molar-refractivity contribution in [1.29, 1.82) is 5.26 Å². The van der Waals surface area contributed by atoms with E-state index in [0.29, 0.717) is 6.42 Å². The van der Waals surface area contributed by atoms with Crippen molar-refractivity contribution >= 4 is 0 Å². The Hall–Kier alpha value is -1.80. The van der Waals surface area contributed by atoms with Crippen LogP contribution >= 0.6 is 0 Å². The quantitative estimate of drug-likeness (QED) is 0.569. The van der Waals surface area contributed by atoms with E-state index >= 15 is 0 Å². The summed E-state index contributed by atoms with van der Waals surface area (Å²) in [5.41, 5.74) is 1.74. The molecular weight excluding hydrogens is 208 g/mol. The Morgan fingerprint density at radius 2 is 2.12 bits per heavy atom. The van der Waals surface area contributed by atoms with Crippen molar-refractivity contribution in [3.63, 3.8) is 0 Å². The van der Waals surface area contributed by atoms with Crippen LogP contribution in [0, 0.1) is 23.2 Å². The number of unbranched alkanes of at least 4 members (excludes halogenated alkanes) is 4. The number of hydrogen-bond donors (Lipinski definition) is 0. The monoisotopic (exact) mass is 226 g/mol. The standard InChI is InChI=1S/C15H18N2/c1-2-3-4-5-6-7-8-15-10-9-14(11-12-16)13-17-15/h9-10,13H,2-6,11H2,1H3. The number of hydrogen-bond acceptors (Lipinski definition) is 2. The zero-order valence-electron chi connectivity index (χ0n) is 10.4. The molecule has 17 heavy (non-hydrogen) atoms. The largest absolute Gasteiger partial charge is 0.247 e. The van der Waals surface area contributed by atoms with Crippen LogP contribution in [0.3, 0.4) is 0 Å². The van der Waals surface area contributed by atoms with Gasteiger partial charge in [-0.2, -0.15) is 5.26 Å². The SMILES string of the molecule is CCCCCCC#Cc1ccc(CC#N)cn1. The van der Waals surface area contributed by atoms with E-state index in [-0.39, 0.29) is 0 Å². The van der Waals surface area contributed by atoms with Gasteiger partial charge in [-0.25, -0.2) is 4.98 Å². The van der Waals surface area contributed by atoms with Gasteiger partial charge in [-0.05, 0) is 24.0 Å². The molecule has 1 rings (SSSR count). The summed E-state index contributed by atoms with van der Waals surface area (Å²) in [6.07, 6.45) is 8.08. The van der Waals surface area contributed by atoms with Crippen molar-refractivity contribution in [3.05, 3.63) is 29.6 Å². The Morgan fingerprint density at radius 3 is 2.76 bits per heavy atom. The molecule has 0 aliphatic carbocycles. The molecule has 1 heterocycles. The molecule has 0 aliphatic rings. The van der Waals surface area contributed by atoms with Crippen molar-refractivity contribution in [1.82, 2.24) is 4.98 Å². The zero-order chi connectivity index (χ0) is 12.3. The predicted octanol–water partition coefficient (Wildman–Crippen LogP) is 3.47. The number of rotatable bonds is 5. The van der Waals surface area contributed by atoms with E-state index in [4.69, 9.17) is 5.26 Å². The normalized spacial score (nSPS) is 9.18. The summed E-state index contributed by atoms with van der Waals surface area (Å²) in [6, 6.07) is 5.89. The zero-order valence-corrected chi connectivity index (χ0v) is 10.4. The molecule has 0 bridgehead atoms. The van der Waals surface area contributed by atoms with Gasteiger partial charge in [-0.15, -0.1) is 0 Å².